The first-order valence-electron chi connectivity index (χ1n) is 8.33. The lowest BCUT2D eigenvalue weighted by Crippen LogP contribution is -2.34. The number of aryl methyl sites for hydroxylation is 1. The predicted molar refractivity (Wildman–Crippen MR) is 96.2 cm³/mol. The van der Waals surface area contributed by atoms with E-state index in [0.717, 1.165) is 35.0 Å². The van der Waals surface area contributed by atoms with Crippen LogP contribution in [0.3, 0.4) is 0 Å². The fourth-order valence-electron chi connectivity index (χ4n) is 2.77. The van der Waals surface area contributed by atoms with Crippen LogP contribution in [-0.4, -0.2) is 29.1 Å². The topological polar surface area (TPSA) is 70.1 Å². The van der Waals surface area contributed by atoms with Crippen LogP contribution in [0.1, 0.15) is 35.4 Å². The minimum absolute atomic E-state index is 0.167. The lowest BCUT2D eigenvalue weighted by Gasteiger charge is -2.27. The van der Waals surface area contributed by atoms with Crippen LogP contribution in [0.15, 0.2) is 23.8 Å². The standard InChI is InChI=1S/C17H23N5OS/c1-13-15(24-12-21-13)11-20-17(23)19-10-14-5-6-18-16(9-14)22-7-3-2-4-8-22/h5-6,9,12H,2-4,7-8,10-11H2,1H3,(H2,19,20,23). The molecule has 0 radical (unpaired) electrons. The summed E-state index contributed by atoms with van der Waals surface area (Å²) >= 11 is 1.56. The molecule has 0 unspecified atom stereocenters. The highest BCUT2D eigenvalue weighted by atomic mass is 32.1. The molecule has 1 saturated heterocycles. The number of piperidine rings is 1. The number of urea groups is 1. The Morgan fingerprint density at radius 2 is 2.00 bits per heavy atom. The Labute approximate surface area is 146 Å². The van der Waals surface area contributed by atoms with E-state index in [4.69, 9.17) is 0 Å². The Kier molecular flexibility index (Phi) is 5.63. The van der Waals surface area contributed by atoms with Crippen LogP contribution in [0.2, 0.25) is 0 Å². The van der Waals surface area contributed by atoms with Gasteiger partial charge in [-0.05, 0) is 43.9 Å². The average Bonchev–Trinajstić information content (AvgIpc) is 3.04. The van der Waals surface area contributed by atoms with Crippen LogP contribution in [0.25, 0.3) is 0 Å². The van der Waals surface area contributed by atoms with E-state index in [0.29, 0.717) is 13.1 Å². The predicted octanol–water partition coefficient (Wildman–Crippen LogP) is 2.84. The second-order valence-electron chi connectivity index (χ2n) is 5.97. The van der Waals surface area contributed by atoms with Gasteiger partial charge in [0.1, 0.15) is 5.82 Å². The molecular formula is C17H23N5OS. The molecule has 2 aromatic heterocycles. The summed E-state index contributed by atoms with van der Waals surface area (Å²) in [6, 6.07) is 3.85. The molecular weight excluding hydrogens is 322 g/mol. The minimum atomic E-state index is -0.167. The molecule has 1 fully saturated rings. The molecule has 1 aliphatic heterocycles. The van der Waals surface area contributed by atoms with Gasteiger partial charge in [0.2, 0.25) is 0 Å². The fraction of sp³-hybridized carbons (Fsp3) is 0.471. The number of amides is 2. The van der Waals surface area contributed by atoms with E-state index in [1.165, 1.54) is 19.3 Å². The minimum Gasteiger partial charge on any atom is -0.357 e. The molecule has 24 heavy (non-hydrogen) atoms. The highest BCUT2D eigenvalue weighted by Crippen LogP contribution is 2.18. The maximum absolute atomic E-state index is 11.9. The van der Waals surface area contributed by atoms with Crippen molar-refractivity contribution in [1.29, 1.82) is 0 Å². The Morgan fingerprint density at radius 1 is 1.21 bits per heavy atom. The number of carbonyl (C=O) groups excluding carboxylic acids is 1. The van der Waals surface area contributed by atoms with Gasteiger partial charge < -0.3 is 15.5 Å². The van der Waals surface area contributed by atoms with Crippen LogP contribution in [0.4, 0.5) is 10.6 Å². The zero-order chi connectivity index (χ0) is 16.8. The van der Waals surface area contributed by atoms with Crippen molar-refractivity contribution in [1.82, 2.24) is 20.6 Å². The largest absolute Gasteiger partial charge is 0.357 e. The molecule has 0 aliphatic carbocycles. The third-order valence-electron chi connectivity index (χ3n) is 4.20. The third-order valence-corrected chi connectivity index (χ3v) is 5.13. The van der Waals surface area contributed by atoms with E-state index in [2.05, 4.69) is 31.6 Å². The second-order valence-corrected chi connectivity index (χ2v) is 6.91. The molecule has 3 rings (SSSR count). The van der Waals surface area contributed by atoms with Gasteiger partial charge in [-0.15, -0.1) is 11.3 Å². The van der Waals surface area contributed by atoms with Crippen LogP contribution in [0, 0.1) is 6.92 Å². The molecule has 1 aliphatic rings. The number of hydrogen-bond donors (Lipinski definition) is 2. The van der Waals surface area contributed by atoms with E-state index in [1.54, 1.807) is 16.8 Å². The molecule has 2 N–H and O–H groups in total. The summed E-state index contributed by atoms with van der Waals surface area (Å²) in [6.45, 7) is 5.09. The van der Waals surface area contributed by atoms with E-state index >= 15 is 0 Å². The van der Waals surface area contributed by atoms with Gasteiger partial charge in [-0.1, -0.05) is 0 Å². The quantitative estimate of drug-likeness (QED) is 0.874. The van der Waals surface area contributed by atoms with Gasteiger partial charge >= 0.3 is 6.03 Å². The summed E-state index contributed by atoms with van der Waals surface area (Å²) in [6.07, 6.45) is 5.57. The maximum atomic E-state index is 11.9. The van der Waals surface area contributed by atoms with Crippen molar-refractivity contribution in [3.05, 3.63) is 40.0 Å². The summed E-state index contributed by atoms with van der Waals surface area (Å²) in [5.74, 6) is 1.01. The lowest BCUT2D eigenvalue weighted by atomic mass is 10.1. The Hall–Kier alpha value is -2.15. The van der Waals surface area contributed by atoms with Crippen molar-refractivity contribution >= 4 is 23.2 Å². The van der Waals surface area contributed by atoms with Crippen LogP contribution in [0.5, 0.6) is 0 Å². The molecule has 0 aromatic carbocycles. The van der Waals surface area contributed by atoms with Crippen molar-refractivity contribution in [3.63, 3.8) is 0 Å². The van der Waals surface area contributed by atoms with Crippen molar-refractivity contribution in [2.24, 2.45) is 0 Å². The Morgan fingerprint density at radius 3 is 2.75 bits per heavy atom. The number of nitrogens with one attached hydrogen (secondary N) is 2. The third kappa shape index (κ3) is 4.44. The van der Waals surface area contributed by atoms with Crippen molar-refractivity contribution in [3.8, 4) is 0 Å². The molecule has 0 atom stereocenters. The SMILES string of the molecule is Cc1ncsc1CNC(=O)NCc1ccnc(N2CCCCC2)c1. The Bertz CT molecular complexity index is 681. The number of rotatable bonds is 5. The maximum Gasteiger partial charge on any atom is 0.315 e. The smallest absolute Gasteiger partial charge is 0.315 e. The van der Waals surface area contributed by atoms with Gasteiger partial charge in [-0.2, -0.15) is 0 Å². The number of hydrogen-bond acceptors (Lipinski definition) is 5. The van der Waals surface area contributed by atoms with Crippen LogP contribution in [-0.2, 0) is 13.1 Å². The summed E-state index contributed by atoms with van der Waals surface area (Å²) in [5, 5.41) is 5.77. The van der Waals surface area contributed by atoms with Gasteiger partial charge in [0.05, 0.1) is 17.7 Å². The lowest BCUT2D eigenvalue weighted by molar-refractivity contribution is 0.240. The normalized spacial score (nSPS) is 14.5. The summed E-state index contributed by atoms with van der Waals surface area (Å²) < 4.78 is 0. The fourth-order valence-corrected chi connectivity index (χ4v) is 3.48. The molecule has 3 heterocycles. The van der Waals surface area contributed by atoms with E-state index in [1.807, 2.05) is 19.2 Å². The van der Waals surface area contributed by atoms with Gasteiger partial charge in [-0.3, -0.25) is 0 Å². The molecule has 128 valence electrons. The summed E-state index contributed by atoms with van der Waals surface area (Å²) in [7, 11) is 0. The Balaban J connectivity index is 1.49. The summed E-state index contributed by atoms with van der Waals surface area (Å²) in [5.41, 5.74) is 3.83. The van der Waals surface area contributed by atoms with Crippen molar-refractivity contribution in [2.45, 2.75) is 39.3 Å². The average molecular weight is 345 g/mol. The van der Waals surface area contributed by atoms with E-state index in [-0.39, 0.29) is 6.03 Å². The zero-order valence-corrected chi connectivity index (χ0v) is 14.7. The molecule has 6 nitrogen and oxygen atoms in total. The number of thiazole rings is 1. The first-order valence-corrected chi connectivity index (χ1v) is 9.21. The highest BCUT2D eigenvalue weighted by molar-refractivity contribution is 7.09. The number of aromatic nitrogens is 2. The van der Waals surface area contributed by atoms with Gasteiger partial charge in [0.25, 0.3) is 0 Å². The molecule has 0 bridgehead atoms. The number of anilines is 1. The first kappa shape index (κ1) is 16.7. The number of pyridine rings is 1. The monoisotopic (exact) mass is 345 g/mol. The van der Waals surface area contributed by atoms with Crippen LogP contribution < -0.4 is 15.5 Å². The second kappa shape index (κ2) is 8.10. The van der Waals surface area contributed by atoms with Gasteiger partial charge in [0, 0.05) is 30.7 Å². The molecule has 7 heteroatoms. The molecule has 2 amide bonds. The van der Waals surface area contributed by atoms with Crippen molar-refractivity contribution < 1.29 is 4.79 Å². The summed E-state index contributed by atoms with van der Waals surface area (Å²) in [4.78, 5) is 24.0. The van der Waals surface area contributed by atoms with Crippen LogP contribution >= 0.6 is 11.3 Å². The number of carbonyl (C=O) groups is 1. The molecule has 0 saturated carbocycles. The molecule has 2 aromatic rings. The highest BCUT2D eigenvalue weighted by Gasteiger charge is 2.12. The van der Waals surface area contributed by atoms with Gasteiger partial charge in [0.15, 0.2) is 0 Å². The molecule has 0 spiro atoms. The number of nitrogens with zero attached hydrogens (tertiary/aromatic N) is 3. The van der Waals surface area contributed by atoms with E-state index in [9.17, 15) is 4.79 Å². The van der Waals surface area contributed by atoms with Gasteiger partial charge in [-0.25, -0.2) is 14.8 Å². The van der Waals surface area contributed by atoms with Crippen molar-refractivity contribution in [2.75, 3.05) is 18.0 Å². The zero-order valence-electron chi connectivity index (χ0n) is 13.9. The first-order chi connectivity index (χ1) is 11.7. The van der Waals surface area contributed by atoms with E-state index < -0.39 is 0 Å².